The first kappa shape index (κ1) is 18.4. The Bertz CT molecular complexity index is 1250. The maximum atomic E-state index is 11.8. The maximum absolute atomic E-state index is 11.8. The molecule has 5 nitrogen and oxygen atoms in total. The number of pyridine rings is 1. The molecule has 2 heterocycles. The summed E-state index contributed by atoms with van der Waals surface area (Å²) < 4.78 is 2.14. The van der Waals surface area contributed by atoms with Crippen LogP contribution in [-0.4, -0.2) is 25.7 Å². The second-order valence-electron chi connectivity index (χ2n) is 8.03. The molecule has 1 fully saturated rings. The maximum Gasteiger partial charge on any atom is 0.337 e. The summed E-state index contributed by atoms with van der Waals surface area (Å²) in [6.07, 6.45) is 6.60. The number of nitrogens with zero attached hydrogens (tertiary/aromatic N) is 2. The van der Waals surface area contributed by atoms with Crippen LogP contribution in [0.1, 0.15) is 51.5 Å². The van der Waals surface area contributed by atoms with Crippen molar-refractivity contribution in [3.63, 3.8) is 0 Å². The van der Waals surface area contributed by atoms with Gasteiger partial charge in [-0.15, -0.1) is 0 Å². The third-order valence-electron chi connectivity index (χ3n) is 5.74. The van der Waals surface area contributed by atoms with Gasteiger partial charge in [-0.2, -0.15) is 0 Å². The second-order valence-corrected chi connectivity index (χ2v) is 8.03. The van der Waals surface area contributed by atoms with E-state index in [1.165, 1.54) is 0 Å². The number of carboxylic acid groups (broad SMARTS) is 1. The number of aromatic carboxylic acids is 1. The zero-order valence-electron chi connectivity index (χ0n) is 16.5. The molecule has 2 N–H and O–H groups in total. The molecule has 0 radical (unpaired) electrons. The van der Waals surface area contributed by atoms with Crippen LogP contribution in [0.5, 0.6) is 5.75 Å². The summed E-state index contributed by atoms with van der Waals surface area (Å²) in [7, 11) is 0. The molecule has 2 aromatic heterocycles. The highest BCUT2D eigenvalue weighted by Gasteiger charge is 2.25. The molecule has 0 saturated heterocycles. The van der Waals surface area contributed by atoms with Crippen LogP contribution in [0, 0.1) is 0 Å². The lowest BCUT2D eigenvalue weighted by Crippen LogP contribution is -2.07. The molecule has 4 aromatic rings. The van der Waals surface area contributed by atoms with Crippen molar-refractivity contribution >= 4 is 16.9 Å². The smallest absolute Gasteiger partial charge is 0.337 e. The molecule has 5 heteroatoms. The van der Waals surface area contributed by atoms with Crippen molar-refractivity contribution in [3.8, 4) is 5.75 Å². The summed E-state index contributed by atoms with van der Waals surface area (Å²) in [6.45, 7) is 0.671. The van der Waals surface area contributed by atoms with Gasteiger partial charge in [-0.3, -0.25) is 4.98 Å². The van der Waals surface area contributed by atoms with E-state index < -0.39 is 5.97 Å². The molecule has 1 saturated carbocycles. The number of phenols is 1. The Balaban J connectivity index is 1.42. The Morgan fingerprint density at radius 2 is 1.93 bits per heavy atom. The molecule has 0 aliphatic heterocycles. The Kier molecular flexibility index (Phi) is 4.51. The summed E-state index contributed by atoms with van der Waals surface area (Å²) in [5, 5.41) is 20.4. The van der Waals surface area contributed by atoms with Crippen molar-refractivity contribution in [2.75, 3.05) is 0 Å². The van der Waals surface area contributed by atoms with Crippen molar-refractivity contribution in [3.05, 3.63) is 94.9 Å². The Hall–Kier alpha value is -3.60. The van der Waals surface area contributed by atoms with Gasteiger partial charge < -0.3 is 14.8 Å². The number of aromatic hydroxyl groups is 1. The van der Waals surface area contributed by atoms with E-state index in [2.05, 4.69) is 27.8 Å². The molecule has 0 atom stereocenters. The minimum absolute atomic E-state index is 0.265. The van der Waals surface area contributed by atoms with E-state index in [0.29, 0.717) is 30.1 Å². The van der Waals surface area contributed by atoms with E-state index in [0.717, 1.165) is 40.4 Å². The van der Waals surface area contributed by atoms with E-state index in [-0.39, 0.29) is 5.75 Å². The number of hydrogen-bond donors (Lipinski definition) is 2. The number of rotatable bonds is 6. The summed E-state index contributed by atoms with van der Waals surface area (Å²) in [4.78, 5) is 16.3. The molecule has 2 aromatic carbocycles. The van der Waals surface area contributed by atoms with Crippen molar-refractivity contribution in [2.24, 2.45) is 0 Å². The molecule has 150 valence electrons. The number of benzene rings is 2. The zero-order chi connectivity index (χ0) is 20.7. The minimum atomic E-state index is -0.918. The van der Waals surface area contributed by atoms with E-state index in [4.69, 9.17) is 0 Å². The van der Waals surface area contributed by atoms with E-state index in [9.17, 15) is 15.0 Å². The van der Waals surface area contributed by atoms with E-state index in [1.54, 1.807) is 18.2 Å². The molecule has 1 aliphatic rings. The first-order chi connectivity index (χ1) is 14.6. The largest absolute Gasteiger partial charge is 0.508 e. The van der Waals surface area contributed by atoms with E-state index >= 15 is 0 Å². The molecule has 0 unspecified atom stereocenters. The minimum Gasteiger partial charge on any atom is -0.508 e. The van der Waals surface area contributed by atoms with Crippen LogP contribution in [0.3, 0.4) is 0 Å². The summed E-state index contributed by atoms with van der Waals surface area (Å²) in [6, 6.07) is 17.3. The van der Waals surface area contributed by atoms with Gasteiger partial charge in [0.1, 0.15) is 5.75 Å². The summed E-state index contributed by atoms with van der Waals surface area (Å²) in [5.74, 6) is -0.175. The molecular formula is C25H22N2O3. The predicted octanol–water partition coefficient (Wildman–Crippen LogP) is 4.96. The fourth-order valence-corrected chi connectivity index (χ4v) is 4.02. The number of fused-ring (bicyclic) bond motifs is 1. The van der Waals surface area contributed by atoms with Gasteiger partial charge in [0.05, 0.1) is 11.3 Å². The molecule has 0 bridgehead atoms. The Morgan fingerprint density at radius 3 is 2.70 bits per heavy atom. The van der Waals surface area contributed by atoms with Crippen molar-refractivity contribution in [2.45, 2.75) is 31.7 Å². The van der Waals surface area contributed by atoms with Gasteiger partial charge in [0.25, 0.3) is 0 Å². The summed E-state index contributed by atoms with van der Waals surface area (Å²) in [5.41, 5.74) is 5.11. The fraction of sp³-hybridized carbons (Fsp3) is 0.200. The number of carboxylic acids is 1. The molecule has 0 amide bonds. The first-order valence-electron chi connectivity index (χ1n) is 10.1. The Labute approximate surface area is 174 Å². The van der Waals surface area contributed by atoms with Crippen LogP contribution < -0.4 is 0 Å². The lowest BCUT2D eigenvalue weighted by Gasteiger charge is -2.09. The predicted molar refractivity (Wildman–Crippen MR) is 115 cm³/mol. The average molecular weight is 398 g/mol. The van der Waals surface area contributed by atoms with Gasteiger partial charge in [0.2, 0.25) is 0 Å². The van der Waals surface area contributed by atoms with Crippen molar-refractivity contribution < 1.29 is 15.0 Å². The zero-order valence-corrected chi connectivity index (χ0v) is 16.5. The van der Waals surface area contributed by atoms with Gasteiger partial charge in [-0.05, 0) is 77.2 Å². The van der Waals surface area contributed by atoms with Crippen LogP contribution in [0.4, 0.5) is 0 Å². The van der Waals surface area contributed by atoms with Gasteiger partial charge in [0, 0.05) is 30.9 Å². The van der Waals surface area contributed by atoms with Crippen LogP contribution in [-0.2, 0) is 13.0 Å². The van der Waals surface area contributed by atoms with Crippen LogP contribution >= 0.6 is 0 Å². The highest BCUT2D eigenvalue weighted by Crippen LogP contribution is 2.40. The lowest BCUT2D eigenvalue weighted by molar-refractivity contribution is 0.0695. The van der Waals surface area contributed by atoms with Gasteiger partial charge in [-0.1, -0.05) is 18.2 Å². The average Bonchev–Trinajstić information content (AvgIpc) is 3.50. The topological polar surface area (TPSA) is 75.3 Å². The monoisotopic (exact) mass is 398 g/mol. The summed E-state index contributed by atoms with van der Waals surface area (Å²) >= 11 is 0. The molecule has 1 aliphatic carbocycles. The number of aromatic nitrogens is 2. The quantitative estimate of drug-likeness (QED) is 0.482. The molecule has 0 spiro atoms. The van der Waals surface area contributed by atoms with E-state index in [1.807, 2.05) is 30.6 Å². The van der Waals surface area contributed by atoms with Crippen molar-refractivity contribution in [1.29, 1.82) is 0 Å². The van der Waals surface area contributed by atoms with Crippen LogP contribution in [0.15, 0.2) is 67.0 Å². The fourth-order valence-electron chi connectivity index (χ4n) is 4.02. The normalized spacial score (nSPS) is 13.6. The number of hydrogen-bond acceptors (Lipinski definition) is 3. The molecule has 30 heavy (non-hydrogen) atoms. The van der Waals surface area contributed by atoms with Crippen LogP contribution in [0.25, 0.3) is 10.9 Å². The standard InChI is InChI=1S/C25H22N2O3/c28-21-3-1-2-17(11-21)15-27-9-8-19-10-16(4-7-24(19)27)12-23-22(25(29)30)13-20(14-26-23)18-5-6-18/h1-4,7-11,13-14,18,28H,5-6,12,15H2,(H,29,30). The molecular weight excluding hydrogens is 376 g/mol. The Morgan fingerprint density at radius 1 is 1.07 bits per heavy atom. The highest BCUT2D eigenvalue weighted by atomic mass is 16.4. The van der Waals surface area contributed by atoms with Gasteiger partial charge >= 0.3 is 5.97 Å². The molecule has 5 rings (SSSR count). The third kappa shape index (κ3) is 3.66. The third-order valence-corrected chi connectivity index (χ3v) is 5.74. The number of carbonyl (C=O) groups is 1. The SMILES string of the molecule is O=C(O)c1cc(C2CC2)cnc1Cc1ccc2c(ccn2Cc2cccc(O)c2)c1. The van der Waals surface area contributed by atoms with Gasteiger partial charge in [-0.25, -0.2) is 4.79 Å². The van der Waals surface area contributed by atoms with Crippen LogP contribution in [0.2, 0.25) is 0 Å². The van der Waals surface area contributed by atoms with Crippen molar-refractivity contribution in [1.82, 2.24) is 9.55 Å². The number of phenolic OH excluding ortho intramolecular Hbond substituents is 1. The first-order valence-corrected chi connectivity index (χ1v) is 10.1. The lowest BCUT2D eigenvalue weighted by atomic mass is 10.0. The second kappa shape index (κ2) is 7.34. The van der Waals surface area contributed by atoms with Gasteiger partial charge in [0.15, 0.2) is 0 Å². The highest BCUT2D eigenvalue weighted by molar-refractivity contribution is 5.89.